The maximum Gasteiger partial charge on any atom is 0.268 e. The van der Waals surface area contributed by atoms with E-state index >= 15 is 0 Å². The Morgan fingerprint density at radius 3 is 2.17 bits per heavy atom. The molecule has 6 heteroatoms. The number of allylic oxidation sites excluding steroid dienone is 1. The second-order valence-electron chi connectivity index (χ2n) is 5.79. The van der Waals surface area contributed by atoms with Gasteiger partial charge in [0.25, 0.3) is 15.9 Å². The smallest absolute Gasteiger partial charge is 0.268 e. The summed E-state index contributed by atoms with van der Waals surface area (Å²) >= 11 is 5.83. The molecule has 0 N–H and O–H groups in total. The van der Waals surface area contributed by atoms with Crippen LogP contribution in [0.1, 0.15) is 29.8 Å². The normalized spacial score (nSPS) is 14.5. The minimum atomic E-state index is -3.95. The number of sulfonamides is 1. The van der Waals surface area contributed by atoms with E-state index in [4.69, 9.17) is 11.6 Å². The predicted molar refractivity (Wildman–Crippen MR) is 94.4 cm³/mol. The minimum Gasteiger partial charge on any atom is -0.268 e. The number of benzene rings is 2. The van der Waals surface area contributed by atoms with Crippen molar-refractivity contribution in [2.45, 2.75) is 18.7 Å². The Labute approximate surface area is 146 Å². The van der Waals surface area contributed by atoms with Crippen molar-refractivity contribution in [3.05, 3.63) is 70.3 Å². The first-order chi connectivity index (χ1) is 11.3. The quantitative estimate of drug-likeness (QED) is 0.813. The van der Waals surface area contributed by atoms with Crippen LogP contribution in [-0.4, -0.2) is 25.2 Å². The van der Waals surface area contributed by atoms with Crippen molar-refractivity contribution in [2.75, 3.05) is 6.54 Å². The lowest BCUT2D eigenvalue weighted by Gasteiger charge is -2.30. The fourth-order valence-corrected chi connectivity index (χ4v) is 4.20. The molecular formula is C18H16ClNO3S. The van der Waals surface area contributed by atoms with Gasteiger partial charge in [-0.2, -0.15) is 0 Å². The first-order valence-corrected chi connectivity index (χ1v) is 9.22. The second kappa shape index (κ2) is 6.07. The van der Waals surface area contributed by atoms with E-state index in [1.807, 2.05) is 26.0 Å². The van der Waals surface area contributed by atoms with Crippen LogP contribution >= 0.6 is 11.6 Å². The fourth-order valence-electron chi connectivity index (χ4n) is 2.72. The molecule has 0 atom stereocenters. The van der Waals surface area contributed by atoms with Crippen LogP contribution in [0.4, 0.5) is 0 Å². The maximum absolute atomic E-state index is 12.9. The van der Waals surface area contributed by atoms with Crippen LogP contribution in [0.5, 0.6) is 0 Å². The zero-order valence-electron chi connectivity index (χ0n) is 13.3. The molecule has 0 aliphatic carbocycles. The molecule has 1 amide bonds. The summed E-state index contributed by atoms with van der Waals surface area (Å²) in [5.74, 6) is -0.509. The first kappa shape index (κ1) is 16.7. The van der Waals surface area contributed by atoms with Gasteiger partial charge in [-0.1, -0.05) is 35.4 Å². The van der Waals surface area contributed by atoms with Crippen LogP contribution in [-0.2, 0) is 10.0 Å². The number of nitrogens with zero attached hydrogens (tertiary/aromatic N) is 1. The van der Waals surface area contributed by atoms with Gasteiger partial charge in [-0.3, -0.25) is 4.79 Å². The monoisotopic (exact) mass is 361 g/mol. The molecule has 0 fully saturated rings. The molecule has 4 nitrogen and oxygen atoms in total. The third-order valence-electron chi connectivity index (χ3n) is 4.02. The molecule has 0 saturated carbocycles. The van der Waals surface area contributed by atoms with Gasteiger partial charge in [0, 0.05) is 10.6 Å². The first-order valence-electron chi connectivity index (χ1n) is 7.41. The third-order valence-corrected chi connectivity index (χ3v) is 6.01. The van der Waals surface area contributed by atoms with E-state index in [1.54, 1.807) is 12.1 Å². The van der Waals surface area contributed by atoms with Gasteiger partial charge in [0.05, 0.1) is 11.4 Å². The molecule has 1 aliphatic rings. The molecule has 124 valence electrons. The zero-order chi connectivity index (χ0) is 17.5. The predicted octanol–water partition coefficient (Wildman–Crippen LogP) is 3.98. The molecule has 0 bridgehead atoms. The third kappa shape index (κ3) is 2.74. The molecule has 0 radical (unpaired) electrons. The van der Waals surface area contributed by atoms with Gasteiger partial charge in [0.2, 0.25) is 0 Å². The largest absolute Gasteiger partial charge is 0.268 e. The standard InChI is InChI=1S/C18H16ClNO3S/c1-12(2)17-11-20(18(21)16-6-4-3-5-15(16)17)24(22,23)14-9-7-13(19)8-10-14/h3-10H,11H2,1-2H3. The SMILES string of the molecule is CC(C)=C1CN(S(=O)(=O)c2ccc(Cl)cc2)C(=O)c2ccccc21. The van der Waals surface area contributed by atoms with Gasteiger partial charge in [-0.25, -0.2) is 12.7 Å². The molecule has 0 saturated heterocycles. The Balaban J connectivity index is 2.15. The summed E-state index contributed by atoms with van der Waals surface area (Å²) in [7, 11) is -3.95. The molecule has 2 aromatic rings. The number of carbonyl (C=O) groups excluding carboxylic acids is 1. The number of carbonyl (C=O) groups is 1. The van der Waals surface area contributed by atoms with Crippen LogP contribution in [0.2, 0.25) is 5.02 Å². The summed E-state index contributed by atoms with van der Waals surface area (Å²) in [6.07, 6.45) is 0. The fraction of sp³-hybridized carbons (Fsp3) is 0.167. The Kier molecular flexibility index (Phi) is 4.24. The topological polar surface area (TPSA) is 54.5 Å². The van der Waals surface area contributed by atoms with Crippen LogP contribution in [0.15, 0.2) is 59.0 Å². The van der Waals surface area contributed by atoms with Crippen LogP contribution in [0, 0.1) is 0 Å². The zero-order valence-corrected chi connectivity index (χ0v) is 14.9. The van der Waals surface area contributed by atoms with Gasteiger partial charge in [-0.05, 0) is 55.3 Å². The number of hydrogen-bond acceptors (Lipinski definition) is 3. The highest BCUT2D eigenvalue weighted by Crippen LogP contribution is 2.33. The number of hydrogen-bond donors (Lipinski definition) is 0. The van der Waals surface area contributed by atoms with Gasteiger partial charge in [-0.15, -0.1) is 0 Å². The Bertz CT molecular complexity index is 942. The summed E-state index contributed by atoms with van der Waals surface area (Å²) in [6.45, 7) is 3.85. The summed E-state index contributed by atoms with van der Waals surface area (Å²) in [4.78, 5) is 12.8. The lowest BCUT2D eigenvalue weighted by Crippen LogP contribution is -2.41. The number of fused-ring (bicyclic) bond motifs is 1. The Hall–Kier alpha value is -2.11. The summed E-state index contributed by atoms with van der Waals surface area (Å²) in [5.41, 5.74) is 3.02. The molecular weight excluding hydrogens is 346 g/mol. The van der Waals surface area contributed by atoms with Crippen molar-refractivity contribution >= 4 is 33.1 Å². The average Bonchev–Trinajstić information content (AvgIpc) is 2.55. The highest BCUT2D eigenvalue weighted by molar-refractivity contribution is 7.89. The van der Waals surface area contributed by atoms with Gasteiger partial charge in [0.1, 0.15) is 0 Å². The molecule has 0 unspecified atom stereocenters. The molecule has 0 spiro atoms. The van der Waals surface area contributed by atoms with Crippen molar-refractivity contribution in [3.63, 3.8) is 0 Å². The molecule has 0 aromatic heterocycles. The van der Waals surface area contributed by atoms with E-state index in [9.17, 15) is 13.2 Å². The van der Waals surface area contributed by atoms with Crippen LogP contribution in [0.3, 0.4) is 0 Å². The lowest BCUT2D eigenvalue weighted by atomic mass is 9.93. The Morgan fingerprint density at radius 1 is 1.00 bits per heavy atom. The van der Waals surface area contributed by atoms with E-state index < -0.39 is 15.9 Å². The van der Waals surface area contributed by atoms with E-state index in [2.05, 4.69) is 0 Å². The van der Waals surface area contributed by atoms with Crippen LogP contribution in [0.25, 0.3) is 5.57 Å². The minimum absolute atomic E-state index is 0.0309. The van der Waals surface area contributed by atoms with Gasteiger partial charge in [0.15, 0.2) is 0 Å². The van der Waals surface area contributed by atoms with E-state index in [-0.39, 0.29) is 11.4 Å². The molecule has 24 heavy (non-hydrogen) atoms. The molecule has 1 aliphatic heterocycles. The summed E-state index contributed by atoms with van der Waals surface area (Å²) in [6, 6.07) is 12.9. The molecule has 1 heterocycles. The number of amides is 1. The highest BCUT2D eigenvalue weighted by Gasteiger charge is 2.36. The van der Waals surface area contributed by atoms with E-state index in [0.29, 0.717) is 10.6 Å². The van der Waals surface area contributed by atoms with Gasteiger partial charge < -0.3 is 0 Å². The second-order valence-corrected chi connectivity index (χ2v) is 8.09. The van der Waals surface area contributed by atoms with Crippen molar-refractivity contribution < 1.29 is 13.2 Å². The highest BCUT2D eigenvalue weighted by atomic mass is 35.5. The van der Waals surface area contributed by atoms with Crippen molar-refractivity contribution in [1.82, 2.24) is 4.31 Å². The van der Waals surface area contributed by atoms with E-state index in [1.165, 1.54) is 24.3 Å². The van der Waals surface area contributed by atoms with Crippen molar-refractivity contribution in [3.8, 4) is 0 Å². The van der Waals surface area contributed by atoms with Gasteiger partial charge >= 0.3 is 0 Å². The maximum atomic E-state index is 12.9. The lowest BCUT2D eigenvalue weighted by molar-refractivity contribution is 0.0867. The molecule has 2 aromatic carbocycles. The number of halogens is 1. The summed E-state index contributed by atoms with van der Waals surface area (Å²) in [5, 5.41) is 0.439. The van der Waals surface area contributed by atoms with Crippen LogP contribution < -0.4 is 0 Å². The molecule has 3 rings (SSSR count). The summed E-state index contributed by atoms with van der Waals surface area (Å²) < 4.78 is 26.8. The van der Waals surface area contributed by atoms with Crippen molar-refractivity contribution in [1.29, 1.82) is 0 Å². The Morgan fingerprint density at radius 2 is 1.58 bits per heavy atom. The average molecular weight is 362 g/mol. The van der Waals surface area contributed by atoms with E-state index in [0.717, 1.165) is 21.0 Å². The van der Waals surface area contributed by atoms with Crippen molar-refractivity contribution in [2.24, 2.45) is 0 Å². The number of rotatable bonds is 2.